The average molecular weight is 635 g/mol. The molecule has 0 aromatic heterocycles. The Hall–Kier alpha value is -5.93. The number of para-hydroxylation sites is 3. The van der Waals surface area contributed by atoms with Gasteiger partial charge in [0.2, 0.25) is 6.71 Å². The fraction of sp³-hybridized carbons (Fsp3) is 0.0667. The quantitative estimate of drug-likeness (QED) is 0.193. The molecule has 0 aliphatic carbocycles. The Labute approximate surface area is 293 Å². The molecule has 50 heavy (non-hydrogen) atoms. The van der Waals surface area contributed by atoms with E-state index in [1.165, 1.54) is 95.1 Å². The van der Waals surface area contributed by atoms with E-state index in [9.17, 15) is 0 Å². The molecule has 0 saturated heterocycles. The zero-order chi connectivity index (χ0) is 32.9. The van der Waals surface area contributed by atoms with Crippen LogP contribution in [-0.4, -0.2) is 13.4 Å². The second-order valence-electron chi connectivity index (χ2n) is 14.8. The Morgan fingerprint density at radius 1 is 0.320 bits per heavy atom. The van der Waals surface area contributed by atoms with Crippen LogP contribution >= 0.6 is 0 Å². The predicted molar refractivity (Wildman–Crippen MR) is 212 cm³/mol. The smallest absolute Gasteiger partial charge is 0.250 e. The van der Waals surface area contributed by atoms with E-state index < -0.39 is 0 Å². The van der Waals surface area contributed by atoms with Crippen LogP contribution in [0.4, 0.5) is 51.2 Å². The molecule has 5 heterocycles. The highest BCUT2D eigenvalue weighted by atomic mass is 15.2. The SMILES string of the molecule is CC1(C)c2cccc3c2B2c4c(ccc5c4B4c6c(cccc6N(c6ccccc6)c6ccc1c2c64)N5c1ccccc1)N3c1ccccc1. The molecule has 0 spiro atoms. The third-order valence-corrected chi connectivity index (χ3v) is 12.2. The third kappa shape index (κ3) is 3.07. The van der Waals surface area contributed by atoms with Crippen molar-refractivity contribution in [1.29, 1.82) is 0 Å². The maximum absolute atomic E-state index is 2.55. The summed E-state index contributed by atoms with van der Waals surface area (Å²) in [4.78, 5) is 7.63. The van der Waals surface area contributed by atoms with Gasteiger partial charge < -0.3 is 14.7 Å². The van der Waals surface area contributed by atoms with E-state index in [-0.39, 0.29) is 18.8 Å². The van der Waals surface area contributed by atoms with Gasteiger partial charge in [0, 0.05) is 56.6 Å². The summed E-state index contributed by atoms with van der Waals surface area (Å²) in [6.45, 7) is 5.15. The average Bonchev–Trinajstić information content (AvgIpc) is 3.16. The van der Waals surface area contributed by atoms with E-state index in [4.69, 9.17) is 0 Å². The highest BCUT2D eigenvalue weighted by Crippen LogP contribution is 2.49. The van der Waals surface area contributed by atoms with Crippen LogP contribution < -0.4 is 47.5 Å². The first kappa shape index (κ1) is 27.0. The number of nitrogens with zero attached hydrogens (tertiary/aromatic N) is 3. The summed E-state index contributed by atoms with van der Waals surface area (Å²) in [5, 5.41) is 0. The van der Waals surface area contributed by atoms with Crippen molar-refractivity contribution >= 4 is 97.4 Å². The number of benzene rings is 7. The van der Waals surface area contributed by atoms with Crippen LogP contribution in [0.5, 0.6) is 0 Å². The second-order valence-corrected chi connectivity index (χ2v) is 14.8. The number of hydrogen-bond donors (Lipinski definition) is 0. The second kappa shape index (κ2) is 9.19. The minimum Gasteiger partial charge on any atom is -0.312 e. The fourth-order valence-electron chi connectivity index (χ4n) is 10.4. The van der Waals surface area contributed by atoms with Crippen LogP contribution in [0.3, 0.4) is 0 Å². The molecule has 5 heteroatoms. The molecule has 232 valence electrons. The first-order valence-corrected chi connectivity index (χ1v) is 17.8. The monoisotopic (exact) mass is 635 g/mol. The topological polar surface area (TPSA) is 9.72 Å². The molecule has 0 unspecified atom stereocenters. The molecule has 0 fully saturated rings. The van der Waals surface area contributed by atoms with Crippen molar-refractivity contribution in [2.75, 3.05) is 14.7 Å². The minimum absolute atomic E-state index is 0.118. The summed E-state index contributed by atoms with van der Waals surface area (Å²) < 4.78 is 0. The van der Waals surface area contributed by atoms with Crippen LogP contribution in [0.15, 0.2) is 152 Å². The molecule has 5 aliphatic rings. The lowest BCUT2D eigenvalue weighted by atomic mass is 9.17. The Morgan fingerprint density at radius 2 is 0.680 bits per heavy atom. The lowest BCUT2D eigenvalue weighted by Crippen LogP contribution is -2.82. The lowest BCUT2D eigenvalue weighted by molar-refractivity contribution is 0.646. The lowest BCUT2D eigenvalue weighted by Gasteiger charge is -2.54. The molecule has 0 radical (unpaired) electrons. The summed E-state index contributed by atoms with van der Waals surface area (Å²) in [7, 11) is 0. The van der Waals surface area contributed by atoms with E-state index in [0.717, 1.165) is 0 Å². The van der Waals surface area contributed by atoms with Gasteiger partial charge in [0.1, 0.15) is 0 Å². The Balaban J connectivity index is 1.29. The highest BCUT2D eigenvalue weighted by Gasteiger charge is 2.57. The molecule has 12 rings (SSSR count). The number of anilines is 9. The van der Waals surface area contributed by atoms with Crippen molar-refractivity contribution in [2.45, 2.75) is 19.3 Å². The zero-order valence-electron chi connectivity index (χ0n) is 27.9. The molecule has 0 bridgehead atoms. The molecule has 0 amide bonds. The standard InChI is InChI=1S/C45H31B2N3/c1-45(2)31-20-12-21-33-39(31)46-40-32(45)24-25-36-42(40)47-41-34(49(36)29-16-8-4-9-17-29)22-13-23-35(41)50(30-18-10-5-11-19-30)38-27-26-37(43(46)44(38)47)48(33)28-14-6-3-7-15-28/h3-27H,1-2H3. The van der Waals surface area contributed by atoms with E-state index in [2.05, 4.69) is 180 Å². The maximum Gasteiger partial charge on any atom is 0.250 e. The molecule has 0 atom stereocenters. The molecule has 0 saturated carbocycles. The summed E-state index contributed by atoms with van der Waals surface area (Å²) in [5.74, 6) is 0. The van der Waals surface area contributed by atoms with Gasteiger partial charge in [-0.3, -0.25) is 0 Å². The summed E-state index contributed by atoms with van der Waals surface area (Å²) in [5.41, 5.74) is 22.8. The first-order valence-electron chi connectivity index (χ1n) is 17.8. The van der Waals surface area contributed by atoms with Gasteiger partial charge in [-0.15, -0.1) is 0 Å². The van der Waals surface area contributed by atoms with Gasteiger partial charge in [-0.1, -0.05) is 98.2 Å². The van der Waals surface area contributed by atoms with Crippen LogP contribution in [0.2, 0.25) is 0 Å². The fourth-order valence-corrected chi connectivity index (χ4v) is 10.4. The van der Waals surface area contributed by atoms with E-state index in [0.29, 0.717) is 0 Å². The minimum atomic E-state index is -0.163. The van der Waals surface area contributed by atoms with Crippen LogP contribution in [0.1, 0.15) is 25.0 Å². The highest BCUT2D eigenvalue weighted by molar-refractivity contribution is 7.15. The Kier molecular flexibility index (Phi) is 4.96. The zero-order valence-corrected chi connectivity index (χ0v) is 27.9. The van der Waals surface area contributed by atoms with Gasteiger partial charge in [-0.05, 0) is 111 Å². The molecule has 7 aromatic carbocycles. The third-order valence-electron chi connectivity index (χ3n) is 12.2. The molecule has 5 aliphatic heterocycles. The molecule has 7 aromatic rings. The van der Waals surface area contributed by atoms with Crippen molar-refractivity contribution in [3.63, 3.8) is 0 Å². The maximum atomic E-state index is 2.55. The Bertz CT molecular complexity index is 2590. The van der Waals surface area contributed by atoms with Crippen molar-refractivity contribution < 1.29 is 0 Å². The molecule has 3 nitrogen and oxygen atoms in total. The van der Waals surface area contributed by atoms with Crippen molar-refractivity contribution in [2.24, 2.45) is 0 Å². The van der Waals surface area contributed by atoms with Gasteiger partial charge in [0.05, 0.1) is 0 Å². The van der Waals surface area contributed by atoms with Crippen LogP contribution in [0.25, 0.3) is 0 Å². The van der Waals surface area contributed by atoms with Crippen LogP contribution in [-0.2, 0) is 5.41 Å². The first-order chi connectivity index (χ1) is 24.6. The van der Waals surface area contributed by atoms with Gasteiger partial charge in [0.15, 0.2) is 0 Å². The number of hydrogen-bond acceptors (Lipinski definition) is 3. The van der Waals surface area contributed by atoms with Crippen molar-refractivity contribution in [1.82, 2.24) is 0 Å². The van der Waals surface area contributed by atoms with Crippen LogP contribution in [0, 0.1) is 0 Å². The Morgan fingerprint density at radius 3 is 1.18 bits per heavy atom. The molecular weight excluding hydrogens is 604 g/mol. The van der Waals surface area contributed by atoms with Crippen molar-refractivity contribution in [3.05, 3.63) is 163 Å². The van der Waals surface area contributed by atoms with E-state index in [1.54, 1.807) is 0 Å². The summed E-state index contributed by atoms with van der Waals surface area (Å²) >= 11 is 0. The summed E-state index contributed by atoms with van der Waals surface area (Å²) in [6, 6.07) is 56.7. The van der Waals surface area contributed by atoms with E-state index >= 15 is 0 Å². The van der Waals surface area contributed by atoms with Crippen molar-refractivity contribution in [3.8, 4) is 0 Å². The molecule has 0 N–H and O–H groups in total. The van der Waals surface area contributed by atoms with E-state index in [1.807, 2.05) is 0 Å². The van der Waals surface area contributed by atoms with Gasteiger partial charge >= 0.3 is 0 Å². The summed E-state index contributed by atoms with van der Waals surface area (Å²) in [6.07, 6.45) is 0. The largest absolute Gasteiger partial charge is 0.312 e. The van der Waals surface area contributed by atoms with Gasteiger partial charge in [-0.2, -0.15) is 0 Å². The normalized spacial score (nSPS) is 15.8. The van der Waals surface area contributed by atoms with Gasteiger partial charge in [-0.25, -0.2) is 0 Å². The predicted octanol–water partition coefficient (Wildman–Crippen LogP) is 7.02. The number of rotatable bonds is 3. The van der Waals surface area contributed by atoms with Gasteiger partial charge in [0.25, 0.3) is 6.71 Å². The molecular formula is C45H31B2N3.